The van der Waals surface area contributed by atoms with Gasteiger partial charge < -0.3 is 19.7 Å². The molecule has 2 aromatic carbocycles. The van der Waals surface area contributed by atoms with Gasteiger partial charge in [0.05, 0.1) is 11.0 Å². The molecule has 1 amide bonds. The average Bonchev–Trinajstić information content (AvgIpc) is 3.36. The number of benzene rings is 2. The van der Waals surface area contributed by atoms with Gasteiger partial charge in [-0.3, -0.25) is 4.79 Å². The Bertz CT molecular complexity index is 1230. The smallest absolute Gasteiger partial charge is 0.316 e. The second-order valence-electron chi connectivity index (χ2n) is 7.00. The lowest BCUT2D eigenvalue weighted by atomic mass is 10.2. The molecule has 8 nitrogen and oxygen atoms in total. The van der Waals surface area contributed by atoms with E-state index in [-0.39, 0.29) is 23.3 Å². The number of imidazole rings is 1. The van der Waals surface area contributed by atoms with Crippen molar-refractivity contribution in [1.82, 2.24) is 20.1 Å². The number of carbonyl (C=O) groups is 1. The van der Waals surface area contributed by atoms with Gasteiger partial charge in [-0.1, -0.05) is 5.16 Å². The standard InChI is InChI=1S/C20H18F2N6O2/c1-10(2)28(3)20-24-15-7-5-12(9-16(15)25-20)23-18(29)19-26-17(27-30-19)11-4-6-13(21)14(22)8-11/h4-10H,1-3H3,(H,23,29)(H,24,25). The predicted molar refractivity (Wildman–Crippen MR) is 107 cm³/mol. The molecule has 0 aliphatic heterocycles. The maximum Gasteiger partial charge on any atom is 0.316 e. The molecule has 4 aromatic rings. The summed E-state index contributed by atoms with van der Waals surface area (Å²) in [5.41, 5.74) is 2.21. The predicted octanol–water partition coefficient (Wildman–Crippen LogP) is 3.99. The maximum absolute atomic E-state index is 13.4. The van der Waals surface area contributed by atoms with E-state index in [4.69, 9.17) is 4.52 Å². The van der Waals surface area contributed by atoms with Crippen molar-refractivity contribution in [3.05, 3.63) is 53.9 Å². The number of rotatable bonds is 5. The Hall–Kier alpha value is -3.82. The van der Waals surface area contributed by atoms with E-state index in [1.165, 1.54) is 6.07 Å². The summed E-state index contributed by atoms with van der Waals surface area (Å²) in [6.45, 7) is 4.11. The number of hydrogen-bond donors (Lipinski definition) is 2. The Labute approximate surface area is 169 Å². The zero-order valence-electron chi connectivity index (χ0n) is 16.4. The molecule has 0 aliphatic carbocycles. The number of nitrogens with zero attached hydrogens (tertiary/aromatic N) is 4. The molecule has 0 radical (unpaired) electrons. The Morgan fingerprint density at radius 3 is 2.67 bits per heavy atom. The third-order valence-corrected chi connectivity index (χ3v) is 4.63. The van der Waals surface area contributed by atoms with Gasteiger partial charge in [-0.05, 0) is 50.2 Å². The van der Waals surface area contributed by atoms with Crippen molar-refractivity contribution in [2.75, 3.05) is 17.3 Å². The Kier molecular flexibility index (Phi) is 4.90. The van der Waals surface area contributed by atoms with Crippen molar-refractivity contribution in [2.24, 2.45) is 0 Å². The summed E-state index contributed by atoms with van der Waals surface area (Å²) in [4.78, 5) is 26.1. The lowest BCUT2D eigenvalue weighted by Gasteiger charge is -2.19. The third-order valence-electron chi connectivity index (χ3n) is 4.63. The van der Waals surface area contributed by atoms with Crippen molar-refractivity contribution < 1.29 is 18.1 Å². The van der Waals surface area contributed by atoms with Crippen LogP contribution in [0, 0.1) is 11.6 Å². The first-order chi connectivity index (χ1) is 14.3. The molecule has 0 bridgehead atoms. The summed E-state index contributed by atoms with van der Waals surface area (Å²) in [6, 6.07) is 8.66. The van der Waals surface area contributed by atoms with Gasteiger partial charge in [0.1, 0.15) is 0 Å². The molecule has 10 heteroatoms. The van der Waals surface area contributed by atoms with Gasteiger partial charge in [0.25, 0.3) is 0 Å². The van der Waals surface area contributed by atoms with Crippen molar-refractivity contribution in [3.8, 4) is 11.4 Å². The minimum atomic E-state index is -1.04. The molecule has 4 rings (SSSR count). The topological polar surface area (TPSA) is 99.9 Å². The van der Waals surface area contributed by atoms with Crippen LogP contribution < -0.4 is 10.2 Å². The van der Waals surface area contributed by atoms with Gasteiger partial charge in [0.15, 0.2) is 11.6 Å². The Morgan fingerprint density at radius 2 is 1.93 bits per heavy atom. The van der Waals surface area contributed by atoms with E-state index in [1.54, 1.807) is 18.2 Å². The average molecular weight is 412 g/mol. The van der Waals surface area contributed by atoms with Gasteiger partial charge in [0, 0.05) is 24.3 Å². The number of aromatic amines is 1. The number of aromatic nitrogens is 4. The molecular weight excluding hydrogens is 394 g/mol. The van der Waals surface area contributed by atoms with E-state index in [9.17, 15) is 13.6 Å². The summed E-state index contributed by atoms with van der Waals surface area (Å²) >= 11 is 0. The summed E-state index contributed by atoms with van der Waals surface area (Å²) < 4.78 is 31.4. The maximum atomic E-state index is 13.4. The molecule has 0 unspecified atom stereocenters. The van der Waals surface area contributed by atoms with Crippen LogP contribution in [0.2, 0.25) is 0 Å². The number of hydrogen-bond acceptors (Lipinski definition) is 6. The van der Waals surface area contributed by atoms with Crippen molar-refractivity contribution in [2.45, 2.75) is 19.9 Å². The zero-order chi connectivity index (χ0) is 21.4. The second-order valence-corrected chi connectivity index (χ2v) is 7.00. The highest BCUT2D eigenvalue weighted by atomic mass is 19.2. The number of fused-ring (bicyclic) bond motifs is 1. The molecule has 0 aliphatic rings. The highest BCUT2D eigenvalue weighted by Crippen LogP contribution is 2.23. The molecule has 2 heterocycles. The first-order valence-electron chi connectivity index (χ1n) is 9.15. The fourth-order valence-corrected chi connectivity index (χ4v) is 2.74. The van der Waals surface area contributed by atoms with Crippen molar-refractivity contribution in [3.63, 3.8) is 0 Å². The first kappa shape index (κ1) is 19.5. The Balaban J connectivity index is 1.53. The summed E-state index contributed by atoms with van der Waals surface area (Å²) in [5.74, 6) is -2.27. The van der Waals surface area contributed by atoms with Gasteiger partial charge in [0.2, 0.25) is 11.8 Å². The van der Waals surface area contributed by atoms with Crippen LogP contribution in [0.25, 0.3) is 22.4 Å². The van der Waals surface area contributed by atoms with Gasteiger partial charge in [-0.25, -0.2) is 13.8 Å². The monoisotopic (exact) mass is 412 g/mol. The molecule has 154 valence electrons. The fourth-order valence-electron chi connectivity index (χ4n) is 2.74. The number of halogens is 2. The third kappa shape index (κ3) is 3.71. The molecule has 0 saturated carbocycles. The number of anilines is 2. The number of nitrogens with one attached hydrogen (secondary N) is 2. The molecule has 0 saturated heterocycles. The highest BCUT2D eigenvalue weighted by molar-refractivity contribution is 6.02. The second kappa shape index (κ2) is 7.54. The normalized spacial score (nSPS) is 11.3. The largest absolute Gasteiger partial charge is 0.343 e. The Morgan fingerprint density at radius 1 is 1.13 bits per heavy atom. The molecule has 2 N–H and O–H groups in total. The number of carbonyl (C=O) groups excluding carboxylic acids is 1. The van der Waals surface area contributed by atoms with E-state index in [0.29, 0.717) is 5.69 Å². The summed E-state index contributed by atoms with van der Waals surface area (Å²) in [6.07, 6.45) is 0. The summed E-state index contributed by atoms with van der Waals surface area (Å²) in [5, 5.41) is 6.32. The van der Waals surface area contributed by atoms with Gasteiger partial charge in [-0.2, -0.15) is 4.98 Å². The minimum absolute atomic E-state index is 0.0237. The van der Waals surface area contributed by atoms with E-state index in [1.807, 2.05) is 11.9 Å². The van der Waals surface area contributed by atoms with Crippen LogP contribution in [0.5, 0.6) is 0 Å². The SMILES string of the molecule is CC(C)N(C)c1nc2ccc(NC(=O)c3nc(-c4ccc(F)c(F)c4)no3)cc2[nH]1. The summed E-state index contributed by atoms with van der Waals surface area (Å²) in [7, 11) is 1.94. The van der Waals surface area contributed by atoms with Crippen LogP contribution in [-0.2, 0) is 0 Å². The van der Waals surface area contributed by atoms with Crippen molar-refractivity contribution in [1.29, 1.82) is 0 Å². The van der Waals surface area contributed by atoms with E-state index in [0.717, 1.165) is 29.1 Å². The van der Waals surface area contributed by atoms with Crippen LogP contribution in [0.4, 0.5) is 20.4 Å². The van der Waals surface area contributed by atoms with E-state index < -0.39 is 17.5 Å². The van der Waals surface area contributed by atoms with E-state index in [2.05, 4.69) is 39.3 Å². The quantitative estimate of drug-likeness (QED) is 0.514. The van der Waals surface area contributed by atoms with Gasteiger partial charge >= 0.3 is 11.8 Å². The molecule has 0 spiro atoms. The van der Waals surface area contributed by atoms with Crippen LogP contribution in [0.1, 0.15) is 24.5 Å². The highest BCUT2D eigenvalue weighted by Gasteiger charge is 2.18. The van der Waals surface area contributed by atoms with Crippen LogP contribution in [-0.4, -0.2) is 39.1 Å². The van der Waals surface area contributed by atoms with E-state index >= 15 is 0 Å². The molecule has 0 atom stereocenters. The van der Waals surface area contributed by atoms with Gasteiger partial charge in [-0.15, -0.1) is 0 Å². The molecule has 2 aromatic heterocycles. The molecule has 30 heavy (non-hydrogen) atoms. The minimum Gasteiger partial charge on any atom is -0.343 e. The molecular formula is C20H18F2N6O2. The number of amides is 1. The zero-order valence-corrected chi connectivity index (χ0v) is 16.4. The lowest BCUT2D eigenvalue weighted by molar-refractivity contribution is 0.0981. The number of H-pyrrole nitrogens is 1. The molecule has 0 fully saturated rings. The first-order valence-corrected chi connectivity index (χ1v) is 9.15. The van der Waals surface area contributed by atoms with Crippen LogP contribution >= 0.6 is 0 Å². The van der Waals surface area contributed by atoms with Crippen LogP contribution in [0.15, 0.2) is 40.9 Å². The fraction of sp³-hybridized carbons (Fsp3) is 0.200. The lowest BCUT2D eigenvalue weighted by Crippen LogP contribution is -2.26. The van der Waals surface area contributed by atoms with Crippen LogP contribution in [0.3, 0.4) is 0 Å². The van der Waals surface area contributed by atoms with Crippen molar-refractivity contribution >= 4 is 28.6 Å².